The van der Waals surface area contributed by atoms with Crippen LogP contribution in [-0.4, -0.2) is 19.1 Å². The molecular formula is C86H64N4OS2. The number of aryl methyl sites for hydroxylation is 2. The van der Waals surface area contributed by atoms with Crippen LogP contribution in [0.4, 0.5) is 0 Å². The van der Waals surface area contributed by atoms with E-state index in [-0.39, 0.29) is 0 Å². The summed E-state index contributed by atoms with van der Waals surface area (Å²) in [5.74, 6) is 1.78. The molecule has 0 saturated carbocycles. The van der Waals surface area contributed by atoms with E-state index in [0.29, 0.717) is 17.8 Å². The molecule has 0 N–H and O–H groups in total. The molecule has 0 unspecified atom stereocenters. The Labute approximate surface area is 547 Å². The first-order valence-electron chi connectivity index (χ1n) is 32.7. The van der Waals surface area contributed by atoms with Gasteiger partial charge in [0.2, 0.25) is 5.95 Å². The third-order valence-corrected chi connectivity index (χ3v) is 21.6. The number of nitrogens with zero attached hydrogens (tertiary/aromatic N) is 4. The zero-order valence-corrected chi connectivity index (χ0v) is 53.9. The second kappa shape index (κ2) is 22.2. The van der Waals surface area contributed by atoms with Crippen molar-refractivity contribution in [2.75, 3.05) is 0 Å². The molecule has 0 aliphatic heterocycles. The molecule has 0 saturated heterocycles. The van der Waals surface area contributed by atoms with Gasteiger partial charge in [0.15, 0.2) is 0 Å². The van der Waals surface area contributed by atoms with Crippen molar-refractivity contribution in [3.05, 3.63) is 266 Å². The third-order valence-electron chi connectivity index (χ3n) is 19.3. The fourth-order valence-electron chi connectivity index (χ4n) is 14.5. The van der Waals surface area contributed by atoms with E-state index in [1.807, 2.05) is 47.1 Å². The van der Waals surface area contributed by atoms with Crippen LogP contribution in [0.5, 0.6) is 0 Å². The summed E-state index contributed by atoms with van der Waals surface area (Å²) in [5.41, 5.74) is 21.5. The highest BCUT2D eigenvalue weighted by molar-refractivity contribution is 7.26. The second-order valence-electron chi connectivity index (χ2n) is 26.2. The molecular weight excluding hydrogens is 1170 g/mol. The summed E-state index contributed by atoms with van der Waals surface area (Å²) in [6, 6.07) is 92.9. The lowest BCUT2D eigenvalue weighted by Gasteiger charge is -2.15. The molecule has 0 spiro atoms. The first kappa shape index (κ1) is 55.4. The number of rotatable bonds is 13. The van der Waals surface area contributed by atoms with Crippen molar-refractivity contribution in [2.24, 2.45) is 11.8 Å². The molecule has 93 heavy (non-hydrogen) atoms. The highest BCUT2D eigenvalue weighted by atomic mass is 32.1. The summed E-state index contributed by atoms with van der Waals surface area (Å²) in [4.78, 5) is 10.6. The molecule has 5 nitrogen and oxygen atoms in total. The van der Waals surface area contributed by atoms with Crippen molar-refractivity contribution >= 4 is 129 Å². The van der Waals surface area contributed by atoms with Crippen molar-refractivity contribution in [1.82, 2.24) is 19.1 Å². The van der Waals surface area contributed by atoms with Crippen LogP contribution in [0.1, 0.15) is 51.7 Å². The molecule has 0 fully saturated rings. The molecule has 0 atom stereocenters. The number of fused-ring (bicyclic) bond motifs is 16. The van der Waals surface area contributed by atoms with Crippen LogP contribution in [0.2, 0.25) is 0 Å². The summed E-state index contributed by atoms with van der Waals surface area (Å²) < 4.78 is 16.3. The maximum Gasteiger partial charge on any atom is 0.235 e. The fourth-order valence-corrected chi connectivity index (χ4v) is 16.7. The summed E-state index contributed by atoms with van der Waals surface area (Å²) in [7, 11) is 0. The average molecular weight is 1230 g/mol. The number of hydrogen-bond acceptors (Lipinski definition) is 5. The van der Waals surface area contributed by atoms with E-state index in [1.54, 1.807) is 0 Å². The van der Waals surface area contributed by atoms with Crippen LogP contribution in [0.25, 0.3) is 173 Å². The Morgan fingerprint density at radius 1 is 0.344 bits per heavy atom. The first-order chi connectivity index (χ1) is 45.7. The van der Waals surface area contributed by atoms with Crippen molar-refractivity contribution < 1.29 is 4.42 Å². The fraction of sp³-hybridized carbons (Fsp3) is 0.116. The van der Waals surface area contributed by atoms with Gasteiger partial charge in [0.25, 0.3) is 0 Å². The Morgan fingerprint density at radius 2 is 0.796 bits per heavy atom. The van der Waals surface area contributed by atoms with Crippen molar-refractivity contribution in [2.45, 2.75) is 53.4 Å². The predicted molar refractivity (Wildman–Crippen MR) is 397 cm³/mol. The van der Waals surface area contributed by atoms with Crippen LogP contribution < -0.4 is 0 Å². The van der Waals surface area contributed by atoms with Gasteiger partial charge in [-0.15, -0.1) is 22.7 Å². The number of aromatic nitrogens is 4. The molecule has 18 rings (SSSR count). The van der Waals surface area contributed by atoms with Gasteiger partial charge in [-0.3, -0.25) is 4.57 Å². The molecule has 0 aliphatic carbocycles. The van der Waals surface area contributed by atoms with Crippen molar-refractivity contribution in [3.8, 4) is 67.4 Å². The molecule has 0 aliphatic rings. The minimum atomic E-state index is 0.572. The molecule has 0 amide bonds. The SMILES string of the molecule is CC(C)CCc1ccc2c(c1)c1c3c4cc(CCC(C)C)ccc4n(-c4nccc(-c5ccc6oc7ccccc7c6c5)n4)c3ccc1n2-c1cc(-c2ccc3sc4ccc(-c5ccccc5)cc4c3c2)cc(-c2ccc3sc4ccc(-c5ccccc5)cc4c3c2)c1. The number of hydrogen-bond donors (Lipinski definition) is 0. The van der Waals surface area contributed by atoms with Gasteiger partial charge in [-0.05, 0) is 227 Å². The topological polar surface area (TPSA) is 48.8 Å². The Hall–Kier alpha value is -10.4. The molecule has 7 heteroatoms. The zero-order valence-electron chi connectivity index (χ0n) is 52.2. The molecule has 6 heterocycles. The number of benzene rings is 12. The highest BCUT2D eigenvalue weighted by Gasteiger charge is 2.25. The Balaban J connectivity index is 0.881. The van der Waals surface area contributed by atoms with Crippen LogP contribution in [-0.2, 0) is 12.8 Å². The number of furan rings is 1. The van der Waals surface area contributed by atoms with E-state index in [4.69, 9.17) is 14.4 Å². The minimum Gasteiger partial charge on any atom is -0.456 e. The minimum absolute atomic E-state index is 0.572. The van der Waals surface area contributed by atoms with Gasteiger partial charge >= 0.3 is 0 Å². The molecule has 446 valence electrons. The predicted octanol–water partition coefficient (Wildman–Crippen LogP) is 24.8. The second-order valence-corrected chi connectivity index (χ2v) is 28.4. The molecule has 12 aromatic carbocycles. The standard InChI is InChI=1S/C86H64N4OS2/c1-51(2)19-21-53-23-30-74-71(41-53)84-76(32-33-77-85(84)72-42-54(22-20-52(3)4)24-31-75(72)90(77)86-87-40-39-73(88-86)61-25-34-79-66(50-61)65-17-11-12-18-78(65)91-79)89(74)64-44-62(59-28-37-82-69(48-59)67-46-57(26-35-80(67)92-82)55-13-7-5-8-14-55)43-63(45-64)60-29-38-83-70(49-60)68-47-58(27-36-81(68)93-83)56-15-9-6-10-16-56/h5-18,23-52H,19-22H2,1-4H3. The Bertz CT molecular complexity index is 5840. The van der Waals surface area contributed by atoms with E-state index >= 15 is 0 Å². The Kier molecular flexibility index (Phi) is 13.2. The number of para-hydroxylation sites is 1. The summed E-state index contributed by atoms with van der Waals surface area (Å²) in [5, 5.41) is 12.2. The average Bonchev–Trinajstić information content (AvgIpc) is 1.55. The van der Waals surface area contributed by atoms with Crippen LogP contribution in [0.3, 0.4) is 0 Å². The van der Waals surface area contributed by atoms with E-state index < -0.39 is 0 Å². The molecule has 0 bridgehead atoms. The lowest BCUT2D eigenvalue weighted by Crippen LogP contribution is -2.02. The summed E-state index contributed by atoms with van der Waals surface area (Å²) >= 11 is 3.75. The van der Waals surface area contributed by atoms with Crippen molar-refractivity contribution in [3.63, 3.8) is 0 Å². The van der Waals surface area contributed by atoms with E-state index in [9.17, 15) is 0 Å². The smallest absolute Gasteiger partial charge is 0.235 e. The van der Waals surface area contributed by atoms with E-state index in [0.717, 1.165) is 92.2 Å². The van der Waals surface area contributed by atoms with Crippen LogP contribution in [0.15, 0.2) is 259 Å². The van der Waals surface area contributed by atoms with E-state index in [1.165, 1.54) is 112 Å². The van der Waals surface area contributed by atoms with Crippen LogP contribution in [0, 0.1) is 11.8 Å². The zero-order chi connectivity index (χ0) is 62.0. The first-order valence-corrected chi connectivity index (χ1v) is 34.3. The summed E-state index contributed by atoms with van der Waals surface area (Å²) in [6.45, 7) is 9.32. The van der Waals surface area contributed by atoms with Gasteiger partial charge in [-0.1, -0.05) is 143 Å². The molecule has 0 radical (unpaired) electrons. The largest absolute Gasteiger partial charge is 0.456 e. The number of thiophene rings is 2. The molecule has 18 aromatic rings. The van der Waals surface area contributed by atoms with Gasteiger partial charge in [0.1, 0.15) is 11.2 Å². The lowest BCUT2D eigenvalue weighted by molar-refractivity contribution is 0.587. The normalized spacial score (nSPS) is 12.2. The monoisotopic (exact) mass is 1230 g/mol. The third kappa shape index (κ3) is 9.55. The van der Waals surface area contributed by atoms with E-state index in [2.05, 4.69) is 267 Å². The maximum absolute atomic E-state index is 6.28. The highest BCUT2D eigenvalue weighted by Crippen LogP contribution is 2.47. The quantitative estimate of drug-likeness (QED) is 0.116. The Morgan fingerprint density at radius 3 is 1.33 bits per heavy atom. The van der Waals surface area contributed by atoms with Crippen molar-refractivity contribution in [1.29, 1.82) is 0 Å². The molecule has 6 aromatic heterocycles. The van der Waals surface area contributed by atoms with Crippen LogP contribution >= 0.6 is 22.7 Å². The van der Waals surface area contributed by atoms with Gasteiger partial charge in [-0.2, -0.15) is 0 Å². The van der Waals surface area contributed by atoms with Gasteiger partial charge < -0.3 is 8.98 Å². The van der Waals surface area contributed by atoms with Gasteiger partial charge in [0, 0.05) is 90.1 Å². The maximum atomic E-state index is 6.28. The summed E-state index contributed by atoms with van der Waals surface area (Å²) in [6.07, 6.45) is 6.12. The van der Waals surface area contributed by atoms with Gasteiger partial charge in [-0.25, -0.2) is 9.97 Å². The van der Waals surface area contributed by atoms with Gasteiger partial charge in [0.05, 0.1) is 27.8 Å². The lowest BCUT2D eigenvalue weighted by atomic mass is 9.95.